The molecule has 1 aromatic rings. The van der Waals surface area contributed by atoms with Crippen LogP contribution in [-0.2, 0) is 13.0 Å². The summed E-state index contributed by atoms with van der Waals surface area (Å²) in [6.45, 7) is 8.00. The molecular weight excluding hydrogens is 208 g/mol. The fourth-order valence-corrected chi connectivity index (χ4v) is 3.06. The average molecular weight is 234 g/mol. The Balaban J connectivity index is 2.28. The van der Waals surface area contributed by atoms with Crippen LogP contribution < -0.4 is 5.73 Å². The smallest absolute Gasteiger partial charge is 0.0313 e. The molecule has 0 fully saturated rings. The van der Waals surface area contributed by atoms with Crippen LogP contribution in [0, 0.1) is 12.8 Å². The van der Waals surface area contributed by atoms with E-state index < -0.39 is 0 Å². The maximum Gasteiger partial charge on any atom is 0.0313 e. The molecule has 0 saturated carbocycles. The van der Waals surface area contributed by atoms with E-state index in [1.807, 2.05) is 0 Å². The summed E-state index contributed by atoms with van der Waals surface area (Å²) in [5, 5.41) is 0. The van der Waals surface area contributed by atoms with Gasteiger partial charge in [0.1, 0.15) is 0 Å². The molecule has 1 aliphatic carbocycles. The van der Waals surface area contributed by atoms with Gasteiger partial charge in [-0.05, 0) is 43.7 Å². The minimum Gasteiger partial charge on any atom is -0.348 e. The van der Waals surface area contributed by atoms with Gasteiger partial charge in [0.25, 0.3) is 0 Å². The number of aryl methyl sites for hydroxylation is 1. The van der Waals surface area contributed by atoms with Gasteiger partial charge in [-0.15, -0.1) is 0 Å². The van der Waals surface area contributed by atoms with Gasteiger partial charge in [-0.25, -0.2) is 0 Å². The molecule has 0 spiro atoms. The van der Waals surface area contributed by atoms with Crippen molar-refractivity contribution in [2.45, 2.75) is 65.5 Å². The van der Waals surface area contributed by atoms with Crippen molar-refractivity contribution in [3.8, 4) is 0 Å². The van der Waals surface area contributed by atoms with Gasteiger partial charge in [-0.1, -0.05) is 26.7 Å². The topological polar surface area (TPSA) is 30.9 Å². The van der Waals surface area contributed by atoms with Crippen molar-refractivity contribution < 1.29 is 0 Å². The lowest BCUT2D eigenvalue weighted by molar-refractivity contribution is 0.402. The van der Waals surface area contributed by atoms with Gasteiger partial charge in [0.05, 0.1) is 0 Å². The van der Waals surface area contributed by atoms with Crippen LogP contribution in [0.25, 0.3) is 0 Å². The molecule has 1 aliphatic rings. The van der Waals surface area contributed by atoms with E-state index >= 15 is 0 Å². The molecule has 2 rings (SSSR count). The third-order valence-electron chi connectivity index (χ3n) is 4.37. The van der Waals surface area contributed by atoms with Crippen LogP contribution in [-0.4, -0.2) is 4.57 Å². The molecule has 0 saturated heterocycles. The van der Waals surface area contributed by atoms with E-state index in [9.17, 15) is 0 Å². The molecule has 1 heterocycles. The SMILES string of the molecule is CCC(CC)Cn1c(C)cc2c1CCCC2N. The number of rotatable bonds is 4. The lowest BCUT2D eigenvalue weighted by Gasteiger charge is -2.23. The number of nitrogens with zero attached hydrogens (tertiary/aromatic N) is 1. The summed E-state index contributed by atoms with van der Waals surface area (Å²) < 4.78 is 2.53. The second kappa shape index (κ2) is 5.26. The molecular formula is C15H26N2. The van der Waals surface area contributed by atoms with Gasteiger partial charge in [0.15, 0.2) is 0 Å². The summed E-state index contributed by atoms with van der Waals surface area (Å²) >= 11 is 0. The molecule has 1 unspecified atom stereocenters. The number of hydrogen-bond acceptors (Lipinski definition) is 1. The first-order valence-corrected chi connectivity index (χ1v) is 7.11. The molecule has 17 heavy (non-hydrogen) atoms. The Bertz CT molecular complexity index is 375. The summed E-state index contributed by atoms with van der Waals surface area (Å²) in [4.78, 5) is 0. The number of aromatic nitrogens is 1. The molecule has 0 amide bonds. The summed E-state index contributed by atoms with van der Waals surface area (Å²) in [6, 6.07) is 2.60. The van der Waals surface area contributed by atoms with Crippen molar-refractivity contribution in [3.05, 3.63) is 23.0 Å². The molecule has 1 atom stereocenters. The zero-order valence-corrected chi connectivity index (χ0v) is 11.5. The molecule has 0 radical (unpaired) electrons. The van der Waals surface area contributed by atoms with Gasteiger partial charge in [-0.3, -0.25) is 0 Å². The van der Waals surface area contributed by atoms with E-state index in [2.05, 4.69) is 31.4 Å². The highest BCUT2D eigenvalue weighted by molar-refractivity contribution is 5.32. The summed E-state index contributed by atoms with van der Waals surface area (Å²) in [7, 11) is 0. The predicted molar refractivity (Wildman–Crippen MR) is 73.1 cm³/mol. The summed E-state index contributed by atoms with van der Waals surface area (Å²) in [6.07, 6.45) is 6.17. The third-order valence-corrected chi connectivity index (χ3v) is 4.37. The highest BCUT2D eigenvalue weighted by Gasteiger charge is 2.22. The summed E-state index contributed by atoms with van der Waals surface area (Å²) in [5.74, 6) is 0.809. The molecule has 1 aromatic heterocycles. The average Bonchev–Trinajstić information content (AvgIpc) is 2.64. The lowest BCUT2D eigenvalue weighted by atomic mass is 9.93. The Labute approximate surface area is 105 Å². The second-order valence-electron chi connectivity index (χ2n) is 5.48. The second-order valence-corrected chi connectivity index (χ2v) is 5.48. The molecule has 2 heteroatoms. The van der Waals surface area contributed by atoms with Crippen LogP contribution in [0.5, 0.6) is 0 Å². The van der Waals surface area contributed by atoms with Gasteiger partial charge < -0.3 is 10.3 Å². The molecule has 0 bridgehead atoms. The highest BCUT2D eigenvalue weighted by atomic mass is 15.0. The van der Waals surface area contributed by atoms with E-state index in [0.29, 0.717) is 0 Å². The maximum absolute atomic E-state index is 6.21. The molecule has 2 N–H and O–H groups in total. The maximum atomic E-state index is 6.21. The van der Waals surface area contributed by atoms with Gasteiger partial charge in [0, 0.05) is 24.0 Å². The van der Waals surface area contributed by atoms with Crippen molar-refractivity contribution in [2.24, 2.45) is 11.7 Å². The van der Waals surface area contributed by atoms with Gasteiger partial charge in [-0.2, -0.15) is 0 Å². The largest absolute Gasteiger partial charge is 0.348 e. The van der Waals surface area contributed by atoms with Crippen LogP contribution >= 0.6 is 0 Å². The van der Waals surface area contributed by atoms with E-state index in [0.717, 1.165) is 12.3 Å². The molecule has 96 valence electrons. The normalized spacial score (nSPS) is 19.7. The van der Waals surface area contributed by atoms with Crippen molar-refractivity contribution >= 4 is 0 Å². The molecule has 0 aliphatic heterocycles. The minimum atomic E-state index is 0.278. The van der Waals surface area contributed by atoms with Crippen LogP contribution in [0.1, 0.15) is 62.5 Å². The van der Waals surface area contributed by atoms with Crippen molar-refractivity contribution in [1.29, 1.82) is 0 Å². The first kappa shape index (κ1) is 12.7. The van der Waals surface area contributed by atoms with Crippen molar-refractivity contribution in [2.75, 3.05) is 0 Å². The van der Waals surface area contributed by atoms with Crippen LogP contribution in [0.4, 0.5) is 0 Å². The lowest BCUT2D eigenvalue weighted by Crippen LogP contribution is -2.20. The Kier molecular flexibility index (Phi) is 3.93. The summed E-state index contributed by atoms with van der Waals surface area (Å²) in [5.41, 5.74) is 10.6. The quantitative estimate of drug-likeness (QED) is 0.848. The van der Waals surface area contributed by atoms with E-state index in [1.165, 1.54) is 49.2 Å². The number of fused-ring (bicyclic) bond motifs is 1. The standard InChI is InChI=1S/C15H26N2/c1-4-12(5-2)10-17-11(3)9-13-14(16)7-6-8-15(13)17/h9,12,14H,4-8,10,16H2,1-3H3. The minimum absolute atomic E-state index is 0.278. The Morgan fingerprint density at radius 3 is 2.76 bits per heavy atom. The molecule has 0 aromatic carbocycles. The Morgan fingerprint density at radius 2 is 2.12 bits per heavy atom. The van der Waals surface area contributed by atoms with E-state index in [4.69, 9.17) is 5.73 Å². The third kappa shape index (κ3) is 2.42. The monoisotopic (exact) mass is 234 g/mol. The number of nitrogens with two attached hydrogens (primary N) is 1. The van der Waals surface area contributed by atoms with E-state index in [-0.39, 0.29) is 6.04 Å². The fourth-order valence-electron chi connectivity index (χ4n) is 3.06. The Morgan fingerprint density at radius 1 is 1.41 bits per heavy atom. The first-order chi connectivity index (χ1) is 8.17. The van der Waals surface area contributed by atoms with Crippen molar-refractivity contribution in [1.82, 2.24) is 4.57 Å². The zero-order valence-electron chi connectivity index (χ0n) is 11.5. The van der Waals surface area contributed by atoms with Crippen LogP contribution in [0.2, 0.25) is 0 Å². The van der Waals surface area contributed by atoms with Gasteiger partial charge in [0.2, 0.25) is 0 Å². The predicted octanol–water partition coefficient (Wildman–Crippen LogP) is 3.57. The Hall–Kier alpha value is -0.760. The van der Waals surface area contributed by atoms with Crippen LogP contribution in [0.3, 0.4) is 0 Å². The van der Waals surface area contributed by atoms with Crippen molar-refractivity contribution in [3.63, 3.8) is 0 Å². The number of hydrogen-bond donors (Lipinski definition) is 1. The zero-order chi connectivity index (χ0) is 12.4. The molecule has 2 nitrogen and oxygen atoms in total. The fraction of sp³-hybridized carbons (Fsp3) is 0.733. The van der Waals surface area contributed by atoms with E-state index in [1.54, 1.807) is 0 Å². The highest BCUT2D eigenvalue weighted by Crippen LogP contribution is 2.31. The first-order valence-electron chi connectivity index (χ1n) is 7.11. The van der Waals surface area contributed by atoms with Crippen LogP contribution in [0.15, 0.2) is 6.07 Å². The van der Waals surface area contributed by atoms with Gasteiger partial charge >= 0.3 is 0 Å².